The summed E-state index contributed by atoms with van der Waals surface area (Å²) in [6.07, 6.45) is 7.92. The van der Waals surface area contributed by atoms with E-state index in [0.717, 1.165) is 56.9 Å². The van der Waals surface area contributed by atoms with Crippen LogP contribution >= 0.6 is 0 Å². The van der Waals surface area contributed by atoms with Gasteiger partial charge in [-0.1, -0.05) is 51.1 Å². The van der Waals surface area contributed by atoms with Crippen molar-refractivity contribution in [3.63, 3.8) is 0 Å². The van der Waals surface area contributed by atoms with E-state index >= 15 is 0 Å². The lowest BCUT2D eigenvalue weighted by Crippen LogP contribution is -2.65. The molecule has 1 aromatic rings. The zero-order valence-corrected chi connectivity index (χ0v) is 20.5. The standard InChI is InChI=1S/C28H40N2O3/c1-25-12-9-21-26(2)13-11-22(30-24(32)33-16-19-7-5-4-6-8-19)27(3,18-29)20(26)10-14-28(21,17-25)15-23(25)31/h4-8,20-22H,9-18,29H2,1-3H3,(H,30,32)/t20-,21-,22+,25-,26+,27-,28-/m0/s1. The van der Waals surface area contributed by atoms with Crippen LogP contribution < -0.4 is 11.1 Å². The zero-order chi connectivity index (χ0) is 23.5. The maximum absolute atomic E-state index is 12.9. The number of hydrogen-bond donors (Lipinski definition) is 2. The molecule has 1 amide bonds. The SMILES string of the molecule is C[C@@]12CC[C@@H]3[C@@](CC[C@@H]4[C@](C)(CN)[C@H](NC(=O)OCc5ccccc5)CC[C@]43C)(CC1=O)C2. The first-order chi connectivity index (χ1) is 15.7. The lowest BCUT2D eigenvalue weighted by Gasteiger charge is -2.66. The maximum atomic E-state index is 12.9. The summed E-state index contributed by atoms with van der Waals surface area (Å²) in [5.74, 6) is 1.53. The lowest BCUT2D eigenvalue weighted by molar-refractivity contribution is -0.160. The molecule has 7 atom stereocenters. The third-order valence-electron chi connectivity index (χ3n) is 10.7. The quantitative estimate of drug-likeness (QED) is 0.656. The second-order valence-corrected chi connectivity index (χ2v) is 12.4. The van der Waals surface area contributed by atoms with E-state index in [1.54, 1.807) is 0 Å². The van der Waals surface area contributed by atoms with Crippen LogP contribution in [-0.2, 0) is 16.1 Å². The molecular formula is C28H40N2O3. The minimum Gasteiger partial charge on any atom is -0.445 e. The molecule has 3 N–H and O–H groups in total. The van der Waals surface area contributed by atoms with Gasteiger partial charge in [0.1, 0.15) is 12.4 Å². The molecule has 4 aliphatic rings. The Bertz CT molecular complexity index is 934. The van der Waals surface area contributed by atoms with E-state index in [4.69, 9.17) is 10.5 Å². The third-order valence-corrected chi connectivity index (χ3v) is 10.7. The first-order valence-corrected chi connectivity index (χ1v) is 12.9. The summed E-state index contributed by atoms with van der Waals surface area (Å²) in [6, 6.07) is 9.79. The number of carbonyl (C=O) groups excluding carboxylic acids is 2. The monoisotopic (exact) mass is 452 g/mol. The Kier molecular flexibility index (Phi) is 5.43. The summed E-state index contributed by atoms with van der Waals surface area (Å²) in [5.41, 5.74) is 7.56. The van der Waals surface area contributed by atoms with Gasteiger partial charge in [0, 0.05) is 23.3 Å². The van der Waals surface area contributed by atoms with Crippen molar-refractivity contribution in [2.45, 2.75) is 84.8 Å². The predicted octanol–water partition coefficient (Wildman–Crippen LogP) is 5.22. The number of ketones is 1. The van der Waals surface area contributed by atoms with Gasteiger partial charge in [-0.15, -0.1) is 0 Å². The number of amides is 1. The summed E-state index contributed by atoms with van der Waals surface area (Å²) in [7, 11) is 0. The lowest BCUT2D eigenvalue weighted by atomic mass is 9.39. The first kappa shape index (κ1) is 22.9. The molecular weight excluding hydrogens is 412 g/mol. The molecule has 0 saturated heterocycles. The molecule has 0 radical (unpaired) electrons. The summed E-state index contributed by atoms with van der Waals surface area (Å²) >= 11 is 0. The zero-order valence-electron chi connectivity index (χ0n) is 20.5. The van der Waals surface area contributed by atoms with Gasteiger partial charge in [0.2, 0.25) is 0 Å². The van der Waals surface area contributed by atoms with Crippen molar-refractivity contribution >= 4 is 11.9 Å². The summed E-state index contributed by atoms with van der Waals surface area (Å²) in [4.78, 5) is 25.7. The van der Waals surface area contributed by atoms with Crippen LogP contribution in [0.3, 0.4) is 0 Å². The van der Waals surface area contributed by atoms with Crippen molar-refractivity contribution in [1.82, 2.24) is 5.32 Å². The van der Waals surface area contributed by atoms with Crippen LogP contribution in [0.5, 0.6) is 0 Å². The van der Waals surface area contributed by atoms with Gasteiger partial charge in [-0.2, -0.15) is 0 Å². The third kappa shape index (κ3) is 3.45. The molecule has 1 spiro atoms. The molecule has 2 bridgehead atoms. The molecule has 4 saturated carbocycles. The van der Waals surface area contributed by atoms with Gasteiger partial charge in [0.05, 0.1) is 0 Å². The number of nitrogens with two attached hydrogens (primary N) is 1. The number of hydrogen-bond acceptors (Lipinski definition) is 4. The van der Waals surface area contributed by atoms with Crippen molar-refractivity contribution in [3.05, 3.63) is 35.9 Å². The molecule has 1 aromatic carbocycles. The van der Waals surface area contributed by atoms with Crippen molar-refractivity contribution in [2.75, 3.05) is 6.54 Å². The van der Waals surface area contributed by atoms with Crippen LogP contribution in [0.4, 0.5) is 4.79 Å². The average Bonchev–Trinajstić information content (AvgIpc) is 2.98. The fraction of sp³-hybridized carbons (Fsp3) is 0.714. The molecule has 0 unspecified atom stereocenters. The number of carbonyl (C=O) groups is 2. The highest BCUT2D eigenvalue weighted by Crippen LogP contribution is 2.72. The van der Waals surface area contributed by atoms with Gasteiger partial charge in [0.15, 0.2) is 0 Å². The van der Waals surface area contributed by atoms with E-state index in [1.165, 1.54) is 0 Å². The number of fused-ring (bicyclic) bond motifs is 3. The van der Waals surface area contributed by atoms with Crippen LogP contribution in [0.15, 0.2) is 30.3 Å². The van der Waals surface area contributed by atoms with Crippen molar-refractivity contribution < 1.29 is 14.3 Å². The van der Waals surface area contributed by atoms with E-state index in [1.807, 2.05) is 30.3 Å². The molecule has 4 fully saturated rings. The van der Waals surface area contributed by atoms with Crippen molar-refractivity contribution in [1.29, 1.82) is 0 Å². The molecule has 4 aliphatic carbocycles. The molecule has 0 aliphatic heterocycles. The van der Waals surface area contributed by atoms with Crippen LogP contribution in [0.1, 0.15) is 77.7 Å². The van der Waals surface area contributed by atoms with E-state index in [0.29, 0.717) is 24.2 Å². The van der Waals surface area contributed by atoms with E-state index in [-0.39, 0.29) is 40.4 Å². The topological polar surface area (TPSA) is 81.4 Å². The minimum absolute atomic E-state index is 0.0111. The largest absolute Gasteiger partial charge is 0.445 e. The predicted molar refractivity (Wildman–Crippen MR) is 128 cm³/mol. The Morgan fingerprint density at radius 3 is 2.52 bits per heavy atom. The van der Waals surface area contributed by atoms with Gasteiger partial charge >= 0.3 is 6.09 Å². The van der Waals surface area contributed by atoms with Crippen molar-refractivity contribution in [2.24, 2.45) is 39.2 Å². The summed E-state index contributed by atoms with van der Waals surface area (Å²) in [6.45, 7) is 7.79. The number of nitrogens with one attached hydrogen (secondary N) is 1. The van der Waals surface area contributed by atoms with E-state index in [9.17, 15) is 9.59 Å². The number of rotatable bonds is 4. The Labute approximate surface area is 198 Å². The van der Waals surface area contributed by atoms with Gasteiger partial charge in [0.25, 0.3) is 0 Å². The van der Waals surface area contributed by atoms with Crippen LogP contribution in [0, 0.1) is 33.5 Å². The number of ether oxygens (including phenoxy) is 1. The van der Waals surface area contributed by atoms with E-state index in [2.05, 4.69) is 26.1 Å². The Morgan fingerprint density at radius 2 is 1.79 bits per heavy atom. The van der Waals surface area contributed by atoms with Crippen LogP contribution in [-0.4, -0.2) is 24.5 Å². The smallest absolute Gasteiger partial charge is 0.407 e. The van der Waals surface area contributed by atoms with Gasteiger partial charge in [-0.05, 0) is 79.7 Å². The highest BCUT2D eigenvalue weighted by atomic mass is 16.5. The van der Waals surface area contributed by atoms with Gasteiger partial charge in [-0.25, -0.2) is 4.79 Å². The van der Waals surface area contributed by atoms with Crippen LogP contribution in [0.25, 0.3) is 0 Å². The average molecular weight is 453 g/mol. The fourth-order valence-electron chi connectivity index (χ4n) is 8.99. The Balaban J connectivity index is 1.33. The highest BCUT2D eigenvalue weighted by molar-refractivity contribution is 5.88. The molecule has 5 rings (SSSR count). The Morgan fingerprint density at radius 1 is 1.06 bits per heavy atom. The summed E-state index contributed by atoms with van der Waals surface area (Å²) in [5, 5.41) is 3.20. The second-order valence-electron chi connectivity index (χ2n) is 12.4. The molecule has 0 aromatic heterocycles. The molecule has 180 valence electrons. The molecule has 33 heavy (non-hydrogen) atoms. The van der Waals surface area contributed by atoms with Crippen molar-refractivity contribution in [3.8, 4) is 0 Å². The Hall–Kier alpha value is -1.88. The summed E-state index contributed by atoms with van der Waals surface area (Å²) < 4.78 is 5.55. The van der Waals surface area contributed by atoms with Gasteiger partial charge < -0.3 is 15.8 Å². The number of alkyl carbamates (subject to hydrolysis) is 1. The number of benzene rings is 1. The fourth-order valence-corrected chi connectivity index (χ4v) is 8.99. The molecule has 5 heteroatoms. The van der Waals surface area contributed by atoms with E-state index < -0.39 is 0 Å². The molecule has 5 nitrogen and oxygen atoms in total. The maximum Gasteiger partial charge on any atom is 0.407 e. The van der Waals surface area contributed by atoms with Gasteiger partial charge in [-0.3, -0.25) is 4.79 Å². The second kappa shape index (κ2) is 7.83. The van der Waals surface area contributed by atoms with Crippen LogP contribution in [0.2, 0.25) is 0 Å². The minimum atomic E-state index is -0.353. The molecule has 0 heterocycles. The normalized spacial score (nSPS) is 44.0. The highest BCUT2D eigenvalue weighted by Gasteiger charge is 2.68. The number of Topliss-reactive ketones (excluding diaryl/α,β-unsaturated/α-hetero) is 1. The first-order valence-electron chi connectivity index (χ1n) is 12.9.